The van der Waals surface area contributed by atoms with Gasteiger partial charge in [-0.05, 0) is 61.0 Å². The van der Waals surface area contributed by atoms with E-state index in [1.54, 1.807) is 43.3 Å². The van der Waals surface area contributed by atoms with Gasteiger partial charge in [-0.15, -0.1) is 0 Å². The number of carbonyl (C=O) groups excluding carboxylic acids is 2. The van der Waals surface area contributed by atoms with Crippen molar-refractivity contribution in [3.05, 3.63) is 59.1 Å². The van der Waals surface area contributed by atoms with Crippen LogP contribution in [0.2, 0.25) is 5.02 Å². The van der Waals surface area contributed by atoms with Gasteiger partial charge in [0.2, 0.25) is 5.91 Å². The van der Waals surface area contributed by atoms with E-state index in [-0.39, 0.29) is 24.0 Å². The molecule has 0 aromatic heterocycles. The Balaban J connectivity index is 1.68. The minimum absolute atomic E-state index is 0.0203. The number of alkyl halides is 2. The van der Waals surface area contributed by atoms with E-state index in [9.17, 15) is 18.4 Å². The number of ether oxygens (including phenoxy) is 1. The number of rotatable bonds is 7. The fourth-order valence-electron chi connectivity index (χ4n) is 2.83. The van der Waals surface area contributed by atoms with Crippen LogP contribution in [0.25, 0.3) is 0 Å². The van der Waals surface area contributed by atoms with Gasteiger partial charge in [-0.25, -0.2) is 0 Å². The molecule has 1 heterocycles. The van der Waals surface area contributed by atoms with Gasteiger partial charge in [-0.2, -0.15) is 18.9 Å². The highest BCUT2D eigenvalue weighted by Gasteiger charge is 2.39. The van der Waals surface area contributed by atoms with Crippen molar-refractivity contribution in [3.63, 3.8) is 0 Å². The van der Waals surface area contributed by atoms with E-state index in [0.29, 0.717) is 27.2 Å². The predicted molar refractivity (Wildman–Crippen MR) is 122 cm³/mol. The summed E-state index contributed by atoms with van der Waals surface area (Å²) in [6.45, 7) is -1.23. The third kappa shape index (κ3) is 6.04. The fourth-order valence-corrected chi connectivity index (χ4v) is 3.98. The summed E-state index contributed by atoms with van der Waals surface area (Å²) in [5, 5.41) is 8.44. The van der Waals surface area contributed by atoms with Gasteiger partial charge >= 0.3 is 6.61 Å². The SMILES string of the molecule is CN=C1SC(CC(=O)Nc2ccc(Cl)cc2)C(=O)N1N=C(C)c1ccc(OC(F)F)cc1. The van der Waals surface area contributed by atoms with Crippen LogP contribution in [0.1, 0.15) is 18.9 Å². The van der Waals surface area contributed by atoms with Gasteiger partial charge in [0.1, 0.15) is 11.0 Å². The molecule has 1 atom stereocenters. The van der Waals surface area contributed by atoms with E-state index in [1.165, 1.54) is 19.2 Å². The maximum atomic E-state index is 12.9. The molecule has 0 spiro atoms. The number of benzene rings is 2. The molecule has 168 valence electrons. The molecular weight excluding hydrogens is 462 g/mol. The molecule has 1 aliphatic heterocycles. The maximum absolute atomic E-state index is 12.9. The smallest absolute Gasteiger partial charge is 0.387 e. The largest absolute Gasteiger partial charge is 0.435 e. The highest BCUT2D eigenvalue weighted by atomic mass is 35.5. The number of nitrogens with one attached hydrogen (secondary N) is 1. The first-order valence-corrected chi connectivity index (χ1v) is 10.7. The maximum Gasteiger partial charge on any atom is 0.387 e. The number of hydrogen-bond acceptors (Lipinski definition) is 6. The quantitative estimate of drug-likeness (QED) is 0.586. The number of hydrazone groups is 1. The van der Waals surface area contributed by atoms with Crippen LogP contribution < -0.4 is 10.1 Å². The second-order valence-electron chi connectivity index (χ2n) is 6.61. The molecule has 1 aliphatic rings. The summed E-state index contributed by atoms with van der Waals surface area (Å²) in [4.78, 5) is 29.3. The molecule has 7 nitrogen and oxygen atoms in total. The summed E-state index contributed by atoms with van der Waals surface area (Å²) >= 11 is 6.99. The standard InChI is InChI=1S/C21H19ClF2N4O3S/c1-12(13-3-9-16(10-4-13)31-20(23)24)27-28-19(30)17(32-21(28)25-2)11-18(29)26-15-7-5-14(22)6-8-15/h3-10,17,20H,11H2,1-2H3,(H,26,29). The Bertz CT molecular complexity index is 1050. The molecule has 2 aromatic rings. The minimum Gasteiger partial charge on any atom is -0.435 e. The summed E-state index contributed by atoms with van der Waals surface area (Å²) in [6.07, 6.45) is -0.0596. The molecule has 1 unspecified atom stereocenters. The summed E-state index contributed by atoms with van der Waals surface area (Å²) in [5.74, 6) is -0.684. The van der Waals surface area contributed by atoms with Crippen molar-refractivity contribution in [3.8, 4) is 5.75 Å². The first-order chi connectivity index (χ1) is 15.3. The monoisotopic (exact) mass is 480 g/mol. The van der Waals surface area contributed by atoms with Crippen LogP contribution in [0, 0.1) is 0 Å². The average molecular weight is 481 g/mol. The first kappa shape index (κ1) is 23.7. The van der Waals surface area contributed by atoms with Gasteiger partial charge in [0.25, 0.3) is 5.91 Å². The molecule has 1 saturated heterocycles. The number of aliphatic imine (C=N–C) groups is 1. The molecule has 1 N–H and O–H groups in total. The van der Waals surface area contributed by atoms with E-state index >= 15 is 0 Å². The normalized spacial score (nSPS) is 17.9. The summed E-state index contributed by atoms with van der Waals surface area (Å²) in [7, 11) is 1.53. The number of anilines is 1. The number of thioether (sulfide) groups is 1. The lowest BCUT2D eigenvalue weighted by molar-refractivity contribution is -0.128. The van der Waals surface area contributed by atoms with Crippen molar-refractivity contribution in [1.29, 1.82) is 0 Å². The van der Waals surface area contributed by atoms with Gasteiger partial charge in [-0.1, -0.05) is 23.4 Å². The molecule has 0 radical (unpaired) electrons. The third-order valence-corrected chi connectivity index (χ3v) is 5.82. The zero-order valence-corrected chi connectivity index (χ0v) is 18.7. The van der Waals surface area contributed by atoms with E-state index < -0.39 is 11.9 Å². The molecule has 0 bridgehead atoms. The van der Waals surface area contributed by atoms with Crippen LogP contribution >= 0.6 is 23.4 Å². The molecule has 3 rings (SSSR count). The second-order valence-corrected chi connectivity index (χ2v) is 8.22. The van der Waals surface area contributed by atoms with Gasteiger partial charge < -0.3 is 10.1 Å². The topological polar surface area (TPSA) is 83.4 Å². The molecule has 2 aromatic carbocycles. The number of amidine groups is 1. The second kappa shape index (κ2) is 10.6. The molecule has 0 saturated carbocycles. The summed E-state index contributed by atoms with van der Waals surface area (Å²) in [6, 6.07) is 12.5. The van der Waals surface area contributed by atoms with Crippen molar-refractivity contribution in [2.24, 2.45) is 10.1 Å². The van der Waals surface area contributed by atoms with Crippen molar-refractivity contribution < 1.29 is 23.1 Å². The Hall–Kier alpha value is -2.98. The van der Waals surface area contributed by atoms with Gasteiger partial charge in [0.05, 0.1) is 5.71 Å². The molecule has 2 amide bonds. The number of halogens is 3. The highest BCUT2D eigenvalue weighted by molar-refractivity contribution is 8.15. The molecule has 11 heteroatoms. The van der Waals surface area contributed by atoms with Crippen molar-refractivity contribution in [2.45, 2.75) is 25.2 Å². The van der Waals surface area contributed by atoms with E-state index in [4.69, 9.17) is 11.6 Å². The van der Waals surface area contributed by atoms with Crippen LogP contribution in [0.15, 0.2) is 58.6 Å². The lowest BCUT2D eigenvalue weighted by Crippen LogP contribution is -2.30. The van der Waals surface area contributed by atoms with Crippen LogP contribution in [0.4, 0.5) is 14.5 Å². The van der Waals surface area contributed by atoms with Crippen molar-refractivity contribution in [1.82, 2.24) is 5.01 Å². The third-order valence-electron chi connectivity index (χ3n) is 4.35. The molecular formula is C21H19ClF2N4O3S. The Morgan fingerprint density at radius 1 is 1.22 bits per heavy atom. The van der Waals surface area contributed by atoms with E-state index in [2.05, 4.69) is 20.1 Å². The van der Waals surface area contributed by atoms with E-state index in [0.717, 1.165) is 16.8 Å². The number of carbonyl (C=O) groups is 2. The molecule has 32 heavy (non-hydrogen) atoms. The van der Waals surface area contributed by atoms with Crippen molar-refractivity contribution in [2.75, 3.05) is 12.4 Å². The van der Waals surface area contributed by atoms with E-state index in [1.807, 2.05) is 0 Å². The molecule has 1 fully saturated rings. The summed E-state index contributed by atoms with van der Waals surface area (Å²) in [5.41, 5.74) is 1.66. The van der Waals surface area contributed by atoms with Crippen molar-refractivity contribution >= 4 is 51.7 Å². The highest BCUT2D eigenvalue weighted by Crippen LogP contribution is 2.30. The fraction of sp³-hybridized carbons (Fsp3) is 0.238. The van der Waals surface area contributed by atoms with Gasteiger partial charge in [0.15, 0.2) is 5.17 Å². The molecule has 0 aliphatic carbocycles. The predicted octanol–water partition coefficient (Wildman–Crippen LogP) is 4.62. The Morgan fingerprint density at radius 3 is 2.47 bits per heavy atom. The Labute approximate surface area is 192 Å². The zero-order valence-electron chi connectivity index (χ0n) is 17.1. The minimum atomic E-state index is -2.91. The zero-order chi connectivity index (χ0) is 23.3. The van der Waals surface area contributed by atoms with Gasteiger partial charge in [0, 0.05) is 24.2 Å². The van der Waals surface area contributed by atoms with Crippen LogP contribution in [0.3, 0.4) is 0 Å². The first-order valence-electron chi connectivity index (χ1n) is 9.40. The van der Waals surface area contributed by atoms with Crippen LogP contribution in [-0.4, -0.2) is 46.6 Å². The van der Waals surface area contributed by atoms with Crippen LogP contribution in [0.5, 0.6) is 5.75 Å². The van der Waals surface area contributed by atoms with Gasteiger partial charge in [-0.3, -0.25) is 14.6 Å². The Kier molecular flexibility index (Phi) is 7.81. The van der Waals surface area contributed by atoms with Crippen LogP contribution in [-0.2, 0) is 9.59 Å². The lowest BCUT2D eigenvalue weighted by Gasteiger charge is -2.12. The summed E-state index contributed by atoms with van der Waals surface area (Å²) < 4.78 is 28.9. The number of amides is 2. The Morgan fingerprint density at radius 2 is 1.88 bits per heavy atom. The number of nitrogens with zero attached hydrogens (tertiary/aromatic N) is 3. The lowest BCUT2D eigenvalue weighted by atomic mass is 10.1. The number of hydrogen-bond donors (Lipinski definition) is 1. The average Bonchev–Trinajstić information content (AvgIpc) is 3.04.